The van der Waals surface area contributed by atoms with Crippen molar-refractivity contribution >= 4 is 39.5 Å². The molecule has 0 unspecified atom stereocenters. The fourth-order valence-electron chi connectivity index (χ4n) is 1.91. The number of benzene rings is 2. The first kappa shape index (κ1) is 21.8. The highest BCUT2D eigenvalue weighted by Crippen LogP contribution is 2.38. The van der Waals surface area contributed by atoms with Crippen molar-refractivity contribution in [2.24, 2.45) is 0 Å². The van der Waals surface area contributed by atoms with Crippen LogP contribution in [0.4, 0.5) is 13.2 Å². The van der Waals surface area contributed by atoms with E-state index in [9.17, 15) is 22.8 Å². The maximum atomic E-state index is 12.7. The molecular formula is C17H11BrClF3O6. The maximum absolute atomic E-state index is 12.7. The summed E-state index contributed by atoms with van der Waals surface area (Å²) in [5.74, 6) is -3.71. The van der Waals surface area contributed by atoms with Gasteiger partial charge in [0.25, 0.3) is 5.60 Å². The van der Waals surface area contributed by atoms with Gasteiger partial charge in [-0.05, 0) is 53.2 Å². The largest absolute Gasteiger partial charge is 0.478 e. The highest BCUT2D eigenvalue weighted by Gasteiger charge is 2.45. The van der Waals surface area contributed by atoms with Gasteiger partial charge < -0.3 is 19.7 Å². The minimum absolute atomic E-state index is 0.0259. The molecule has 28 heavy (non-hydrogen) atoms. The average Bonchev–Trinajstić information content (AvgIpc) is 2.58. The Balaban J connectivity index is 2.34. The molecule has 0 aliphatic rings. The third-order valence-electron chi connectivity index (χ3n) is 3.52. The standard InChI is InChI=1S/C17H11BrClF3O6/c1-16(14(23)24,15(25)26)28-13-7-9(3-4-10(13)18)27-12-5-2-8(6-11(12)19)17(20,21)22/h2-7H,1H3,(H,23,24)(H,25,26). The Kier molecular flexibility index (Phi) is 6.15. The normalized spacial score (nSPS) is 11.8. The summed E-state index contributed by atoms with van der Waals surface area (Å²) in [6, 6.07) is 6.44. The molecule has 0 aliphatic heterocycles. The number of hydrogen-bond acceptors (Lipinski definition) is 4. The Labute approximate surface area is 169 Å². The molecule has 0 spiro atoms. The molecule has 0 heterocycles. The predicted octanol–water partition coefficient (Wildman–Crippen LogP) is 5.22. The second kappa shape index (κ2) is 7.88. The zero-order valence-electron chi connectivity index (χ0n) is 13.9. The van der Waals surface area contributed by atoms with Gasteiger partial charge in [0.05, 0.1) is 15.1 Å². The molecule has 2 rings (SSSR count). The van der Waals surface area contributed by atoms with Gasteiger partial charge >= 0.3 is 18.1 Å². The van der Waals surface area contributed by atoms with Gasteiger partial charge in [0.15, 0.2) is 0 Å². The molecule has 0 saturated carbocycles. The minimum atomic E-state index is -4.57. The molecule has 2 aromatic carbocycles. The van der Waals surface area contributed by atoms with Crippen molar-refractivity contribution in [2.75, 3.05) is 0 Å². The molecule has 0 atom stereocenters. The summed E-state index contributed by atoms with van der Waals surface area (Å²) in [7, 11) is 0. The molecule has 11 heteroatoms. The van der Waals surface area contributed by atoms with Crippen LogP contribution in [0.25, 0.3) is 0 Å². The third-order valence-corrected chi connectivity index (χ3v) is 4.47. The lowest BCUT2D eigenvalue weighted by atomic mass is 10.1. The summed E-state index contributed by atoms with van der Waals surface area (Å²) in [5, 5.41) is 17.9. The predicted molar refractivity (Wildman–Crippen MR) is 95.0 cm³/mol. The van der Waals surface area contributed by atoms with Crippen molar-refractivity contribution in [3.8, 4) is 17.2 Å². The van der Waals surface area contributed by atoms with Crippen molar-refractivity contribution in [3.63, 3.8) is 0 Å². The fraction of sp³-hybridized carbons (Fsp3) is 0.176. The lowest BCUT2D eigenvalue weighted by molar-refractivity contribution is -0.170. The molecule has 0 fully saturated rings. The first-order valence-corrected chi connectivity index (χ1v) is 8.51. The fourth-order valence-corrected chi connectivity index (χ4v) is 2.46. The SMILES string of the molecule is CC(Oc1cc(Oc2ccc(C(F)(F)F)cc2Cl)ccc1Br)(C(=O)O)C(=O)O. The van der Waals surface area contributed by atoms with Crippen LogP contribution in [0.1, 0.15) is 12.5 Å². The smallest absolute Gasteiger partial charge is 0.416 e. The summed E-state index contributed by atoms with van der Waals surface area (Å²) < 4.78 is 48.8. The molecule has 2 N–H and O–H groups in total. The number of aliphatic carboxylic acids is 2. The first-order valence-electron chi connectivity index (χ1n) is 7.34. The summed E-state index contributed by atoms with van der Waals surface area (Å²) >= 11 is 8.92. The Hall–Kier alpha value is -2.46. The lowest BCUT2D eigenvalue weighted by Gasteiger charge is -2.22. The molecule has 0 aromatic heterocycles. The Morgan fingerprint density at radius 3 is 2.14 bits per heavy atom. The zero-order chi connectivity index (χ0) is 21.3. The second-order valence-corrected chi connectivity index (χ2v) is 6.84. The molecule has 0 bridgehead atoms. The molecule has 150 valence electrons. The molecule has 0 saturated heterocycles. The number of carboxylic acid groups (broad SMARTS) is 2. The van der Waals surface area contributed by atoms with E-state index in [1.165, 1.54) is 18.2 Å². The van der Waals surface area contributed by atoms with Crippen LogP contribution in [-0.2, 0) is 15.8 Å². The van der Waals surface area contributed by atoms with Gasteiger partial charge in [0.2, 0.25) is 0 Å². The highest BCUT2D eigenvalue weighted by molar-refractivity contribution is 9.10. The van der Waals surface area contributed by atoms with Crippen LogP contribution in [-0.4, -0.2) is 27.8 Å². The minimum Gasteiger partial charge on any atom is -0.478 e. The van der Waals surface area contributed by atoms with Crippen LogP contribution in [0, 0.1) is 0 Å². The summed E-state index contributed by atoms with van der Waals surface area (Å²) in [5.41, 5.74) is -3.53. The van der Waals surface area contributed by atoms with Crippen molar-refractivity contribution in [3.05, 3.63) is 51.5 Å². The van der Waals surface area contributed by atoms with Crippen LogP contribution in [0.3, 0.4) is 0 Å². The number of carbonyl (C=O) groups is 2. The molecule has 2 aromatic rings. The molecule has 6 nitrogen and oxygen atoms in total. The van der Waals surface area contributed by atoms with E-state index in [-0.39, 0.29) is 26.7 Å². The Morgan fingerprint density at radius 1 is 1.04 bits per heavy atom. The quantitative estimate of drug-likeness (QED) is 0.547. The van der Waals surface area contributed by atoms with Crippen LogP contribution < -0.4 is 9.47 Å². The monoisotopic (exact) mass is 482 g/mol. The van der Waals surface area contributed by atoms with Crippen molar-refractivity contribution in [1.29, 1.82) is 0 Å². The number of alkyl halides is 3. The van der Waals surface area contributed by atoms with E-state index in [4.69, 9.17) is 31.3 Å². The van der Waals surface area contributed by atoms with Gasteiger partial charge in [-0.25, -0.2) is 9.59 Å². The number of ether oxygens (including phenoxy) is 2. The van der Waals surface area contributed by atoms with Gasteiger partial charge in [-0.1, -0.05) is 11.6 Å². The van der Waals surface area contributed by atoms with Crippen molar-refractivity contribution in [2.45, 2.75) is 18.7 Å². The van der Waals surface area contributed by atoms with E-state index in [2.05, 4.69) is 15.9 Å². The number of halogens is 5. The van der Waals surface area contributed by atoms with Gasteiger partial charge in [-0.2, -0.15) is 13.2 Å². The van der Waals surface area contributed by atoms with E-state index in [0.29, 0.717) is 6.07 Å². The first-order chi connectivity index (χ1) is 12.8. The number of hydrogen-bond donors (Lipinski definition) is 2. The van der Waals surface area contributed by atoms with Crippen molar-refractivity contribution < 1.29 is 42.4 Å². The Bertz CT molecular complexity index is 918. The van der Waals surface area contributed by atoms with Crippen LogP contribution in [0.2, 0.25) is 5.02 Å². The van der Waals surface area contributed by atoms with E-state index in [1.807, 2.05) is 0 Å². The van der Waals surface area contributed by atoms with E-state index >= 15 is 0 Å². The highest BCUT2D eigenvalue weighted by atomic mass is 79.9. The lowest BCUT2D eigenvalue weighted by Crippen LogP contribution is -2.49. The second-order valence-electron chi connectivity index (χ2n) is 5.58. The summed E-state index contributed by atoms with van der Waals surface area (Å²) in [6.07, 6.45) is -4.57. The maximum Gasteiger partial charge on any atom is 0.416 e. The Morgan fingerprint density at radius 2 is 1.64 bits per heavy atom. The van der Waals surface area contributed by atoms with E-state index < -0.39 is 29.3 Å². The van der Waals surface area contributed by atoms with Crippen molar-refractivity contribution in [1.82, 2.24) is 0 Å². The van der Waals surface area contributed by atoms with E-state index in [1.54, 1.807) is 0 Å². The van der Waals surface area contributed by atoms with Crippen LogP contribution in [0.5, 0.6) is 17.2 Å². The van der Waals surface area contributed by atoms with Crippen LogP contribution in [0.15, 0.2) is 40.9 Å². The van der Waals surface area contributed by atoms with Gasteiger partial charge in [0, 0.05) is 6.07 Å². The number of carboxylic acids is 2. The van der Waals surface area contributed by atoms with Gasteiger partial charge in [0.1, 0.15) is 17.2 Å². The topological polar surface area (TPSA) is 93.1 Å². The van der Waals surface area contributed by atoms with Crippen LogP contribution >= 0.6 is 27.5 Å². The third kappa shape index (κ3) is 4.68. The average molecular weight is 484 g/mol. The molecular weight excluding hydrogens is 473 g/mol. The molecule has 0 aliphatic carbocycles. The molecule has 0 radical (unpaired) electrons. The number of rotatable bonds is 6. The molecule has 0 amide bonds. The summed E-state index contributed by atoms with van der Waals surface area (Å²) in [6.45, 7) is 0.852. The van der Waals surface area contributed by atoms with Gasteiger partial charge in [-0.15, -0.1) is 0 Å². The van der Waals surface area contributed by atoms with E-state index in [0.717, 1.165) is 19.1 Å². The van der Waals surface area contributed by atoms with Gasteiger partial charge in [-0.3, -0.25) is 0 Å². The zero-order valence-corrected chi connectivity index (χ0v) is 16.2. The summed E-state index contributed by atoms with van der Waals surface area (Å²) in [4.78, 5) is 22.5.